The summed E-state index contributed by atoms with van der Waals surface area (Å²) in [6.07, 6.45) is -8.15. The molecule has 166 valence electrons. The van der Waals surface area contributed by atoms with Gasteiger partial charge < -0.3 is 39.6 Å². The predicted molar refractivity (Wildman–Crippen MR) is 93.6 cm³/mol. The van der Waals surface area contributed by atoms with Crippen LogP contribution in [0.2, 0.25) is 0 Å². The smallest absolute Gasteiger partial charge is 0.726 e. The monoisotopic (exact) mass is 468 g/mol. The van der Waals surface area contributed by atoms with Gasteiger partial charge in [-0.3, -0.25) is 4.18 Å². The van der Waals surface area contributed by atoms with Crippen LogP contribution in [0.4, 0.5) is 0 Å². The molecule has 1 heterocycles. The molecule has 1 aliphatic heterocycles. The van der Waals surface area contributed by atoms with E-state index in [1.165, 1.54) is 26.8 Å². The maximum absolute atomic E-state index is 10.9. The van der Waals surface area contributed by atoms with Crippen LogP contribution in [-0.4, -0.2) is 93.1 Å². The Hall–Kier alpha value is 0.966. The van der Waals surface area contributed by atoms with E-state index in [0.717, 1.165) is 0 Å². The van der Waals surface area contributed by atoms with Gasteiger partial charge in [-0.05, 0) is 33.6 Å². The summed E-state index contributed by atoms with van der Waals surface area (Å²) < 4.78 is 47.8. The van der Waals surface area contributed by atoms with Crippen molar-refractivity contribution in [2.45, 2.75) is 81.6 Å². The van der Waals surface area contributed by atoms with E-state index in [-0.39, 0.29) is 64.2 Å². The van der Waals surface area contributed by atoms with Crippen LogP contribution in [0.25, 0.3) is 0 Å². The number of aliphatic hydroxyl groups is 5. The minimum atomic E-state index is -5.28. The second-order valence-corrected chi connectivity index (χ2v) is 8.53. The fraction of sp³-hybridized carbons (Fsp3) is 0.875. The molecule has 7 atom stereocenters. The molecule has 1 rings (SSSR count). The van der Waals surface area contributed by atoms with Gasteiger partial charge in [-0.2, -0.15) is 0 Å². The summed E-state index contributed by atoms with van der Waals surface area (Å²) in [5, 5.41) is 49.4. The average Bonchev–Trinajstić information content (AvgIpc) is 2.57. The van der Waals surface area contributed by atoms with Crippen LogP contribution in [0, 0.1) is 0 Å². The van der Waals surface area contributed by atoms with Gasteiger partial charge >= 0.3 is 51.4 Å². The number of hydrogen-bond donors (Lipinski definition) is 5. The molecule has 13 heteroatoms. The Balaban J connectivity index is 0.00000784. The van der Waals surface area contributed by atoms with Crippen LogP contribution in [0.3, 0.4) is 0 Å². The standard InChI is InChI=1S/C16H30O11S.K/c1-5-16(4,7-6-10(18)15(2,3)21)26-14-12(20)13(27-28(22,23)24)11(19)9(8-17)25-14;/h5,9-14,17-21H,1,6-8H2,2-4H3,(H,22,23,24);/q;+1/p-1/t9-,10?,11-,12-,13+,14+,16?;/m1./s1. The van der Waals surface area contributed by atoms with E-state index in [1.54, 1.807) is 0 Å². The maximum Gasteiger partial charge on any atom is 1.00 e. The first-order chi connectivity index (χ1) is 12.6. The summed E-state index contributed by atoms with van der Waals surface area (Å²) in [4.78, 5) is 0. The second kappa shape index (κ2) is 11.7. The fourth-order valence-electron chi connectivity index (χ4n) is 2.65. The van der Waals surface area contributed by atoms with Crippen molar-refractivity contribution in [3.05, 3.63) is 12.7 Å². The van der Waals surface area contributed by atoms with Gasteiger partial charge in [0.05, 0.1) is 23.9 Å². The summed E-state index contributed by atoms with van der Waals surface area (Å²) >= 11 is 0. The van der Waals surface area contributed by atoms with E-state index in [2.05, 4.69) is 10.8 Å². The van der Waals surface area contributed by atoms with Gasteiger partial charge in [0, 0.05) is 0 Å². The molecule has 1 fully saturated rings. The molecule has 0 bridgehead atoms. The maximum atomic E-state index is 10.9. The summed E-state index contributed by atoms with van der Waals surface area (Å²) in [5.74, 6) is 0. The van der Waals surface area contributed by atoms with Crippen molar-refractivity contribution in [2.24, 2.45) is 0 Å². The third kappa shape index (κ3) is 9.16. The average molecular weight is 469 g/mol. The number of hydrogen-bond acceptors (Lipinski definition) is 11. The van der Waals surface area contributed by atoms with E-state index in [4.69, 9.17) is 9.47 Å². The Kier molecular flexibility index (Phi) is 12.1. The zero-order chi connectivity index (χ0) is 21.9. The van der Waals surface area contributed by atoms with Crippen LogP contribution in [0.5, 0.6) is 0 Å². The van der Waals surface area contributed by atoms with Gasteiger partial charge in [0.15, 0.2) is 6.29 Å². The number of rotatable bonds is 10. The van der Waals surface area contributed by atoms with Crippen molar-refractivity contribution in [2.75, 3.05) is 6.61 Å². The third-order valence-electron chi connectivity index (χ3n) is 4.60. The van der Waals surface area contributed by atoms with Crippen LogP contribution in [0.15, 0.2) is 12.7 Å². The van der Waals surface area contributed by atoms with Crippen LogP contribution in [-0.2, 0) is 24.1 Å². The molecule has 0 spiro atoms. The van der Waals surface area contributed by atoms with Gasteiger partial charge in [-0.15, -0.1) is 6.58 Å². The number of ether oxygens (including phenoxy) is 2. The molecule has 0 aromatic carbocycles. The zero-order valence-corrected chi connectivity index (χ0v) is 20.9. The molecular formula is C16H29KO11S. The molecule has 0 radical (unpaired) electrons. The normalized spacial score (nSPS) is 31.4. The van der Waals surface area contributed by atoms with Crippen molar-refractivity contribution >= 4 is 10.4 Å². The molecule has 11 nitrogen and oxygen atoms in total. The van der Waals surface area contributed by atoms with Crippen molar-refractivity contribution in [1.82, 2.24) is 0 Å². The Morgan fingerprint density at radius 2 is 1.83 bits per heavy atom. The fourth-order valence-corrected chi connectivity index (χ4v) is 3.15. The molecule has 0 aromatic rings. The topological polar surface area (TPSA) is 186 Å². The zero-order valence-electron chi connectivity index (χ0n) is 17.0. The van der Waals surface area contributed by atoms with Gasteiger partial charge in [0.2, 0.25) is 10.4 Å². The van der Waals surface area contributed by atoms with E-state index >= 15 is 0 Å². The molecule has 0 amide bonds. The summed E-state index contributed by atoms with van der Waals surface area (Å²) in [7, 11) is -5.28. The predicted octanol–water partition coefficient (Wildman–Crippen LogP) is -4.85. The molecule has 1 aliphatic rings. The molecular weight excluding hydrogens is 439 g/mol. The first-order valence-corrected chi connectivity index (χ1v) is 9.95. The largest absolute Gasteiger partial charge is 1.00 e. The van der Waals surface area contributed by atoms with Crippen LogP contribution >= 0.6 is 0 Å². The third-order valence-corrected chi connectivity index (χ3v) is 5.06. The second-order valence-electron chi connectivity index (χ2n) is 7.52. The minimum absolute atomic E-state index is 0. The molecule has 29 heavy (non-hydrogen) atoms. The van der Waals surface area contributed by atoms with Crippen LogP contribution in [0.1, 0.15) is 33.6 Å². The Bertz CT molecular complexity index is 623. The molecule has 2 unspecified atom stereocenters. The summed E-state index contributed by atoms with van der Waals surface area (Å²) in [6, 6.07) is 0. The summed E-state index contributed by atoms with van der Waals surface area (Å²) in [5.41, 5.74) is -2.59. The Morgan fingerprint density at radius 3 is 2.24 bits per heavy atom. The van der Waals surface area contributed by atoms with Gasteiger partial charge in [-0.1, -0.05) is 6.08 Å². The molecule has 5 N–H and O–H groups in total. The molecule has 1 saturated heterocycles. The minimum Gasteiger partial charge on any atom is -0.726 e. The first kappa shape index (κ1) is 30.0. The van der Waals surface area contributed by atoms with Crippen LogP contribution < -0.4 is 51.4 Å². The van der Waals surface area contributed by atoms with E-state index in [0.29, 0.717) is 0 Å². The molecule has 0 aromatic heterocycles. The van der Waals surface area contributed by atoms with Crippen molar-refractivity contribution in [1.29, 1.82) is 0 Å². The van der Waals surface area contributed by atoms with Gasteiger partial charge in [0.25, 0.3) is 0 Å². The molecule has 0 aliphatic carbocycles. The van der Waals surface area contributed by atoms with E-state index < -0.39 is 65.0 Å². The Morgan fingerprint density at radius 1 is 1.28 bits per heavy atom. The summed E-state index contributed by atoms with van der Waals surface area (Å²) in [6.45, 7) is 7.23. The van der Waals surface area contributed by atoms with Gasteiger partial charge in [-0.25, -0.2) is 8.42 Å². The van der Waals surface area contributed by atoms with Crippen molar-refractivity contribution < 1.29 is 104 Å². The Labute approximate surface area is 213 Å². The van der Waals surface area contributed by atoms with Crippen molar-refractivity contribution in [3.63, 3.8) is 0 Å². The number of aliphatic hydroxyl groups excluding tert-OH is 4. The van der Waals surface area contributed by atoms with Crippen molar-refractivity contribution in [3.8, 4) is 0 Å². The first-order valence-electron chi connectivity index (χ1n) is 8.62. The SMILES string of the molecule is C=CC(C)(CCC(O)C(C)(C)O)O[C@@H]1O[C@H](CO)[C@@H](O)[C@H](OS(=O)(=O)[O-])[C@H]1O.[K+]. The van der Waals surface area contributed by atoms with E-state index in [1.807, 2.05) is 0 Å². The molecule has 0 saturated carbocycles. The van der Waals surface area contributed by atoms with Gasteiger partial charge in [0.1, 0.15) is 24.4 Å². The quantitative estimate of drug-likeness (QED) is 0.0896. The van der Waals surface area contributed by atoms with E-state index in [9.17, 15) is 38.5 Å².